The first-order chi connectivity index (χ1) is 7.16. The monoisotopic (exact) mass is 232 g/mol. The first-order valence-electron chi connectivity index (χ1n) is 4.56. The lowest BCUT2D eigenvalue weighted by Gasteiger charge is -2.26. The van der Waals surface area contributed by atoms with Crippen molar-refractivity contribution < 1.29 is 18.0 Å². The molecule has 0 fully saturated rings. The van der Waals surface area contributed by atoms with Crippen LogP contribution in [0.25, 0.3) is 0 Å². The summed E-state index contributed by atoms with van der Waals surface area (Å²) in [7, 11) is 0. The van der Waals surface area contributed by atoms with E-state index in [0.29, 0.717) is 0 Å². The van der Waals surface area contributed by atoms with E-state index in [1.54, 1.807) is 0 Å². The molecule has 0 saturated carbocycles. The Kier molecular flexibility index (Phi) is 3.03. The molecule has 0 aromatic carbocycles. The maximum atomic E-state index is 12.6. The Bertz CT molecular complexity index is 396. The highest BCUT2D eigenvalue weighted by atomic mass is 19.4. The Balaban J connectivity index is 3.11. The van der Waals surface area contributed by atoms with Gasteiger partial charge in [0, 0.05) is 6.92 Å². The SMILES string of the molecule is CC(=O)c1cnc(C(C)(C)C(F)(F)F)cn1. The first-order valence-corrected chi connectivity index (χ1v) is 4.56. The summed E-state index contributed by atoms with van der Waals surface area (Å²) in [6.07, 6.45) is -2.35. The quantitative estimate of drug-likeness (QED) is 0.736. The lowest BCUT2D eigenvalue weighted by molar-refractivity contribution is -0.181. The molecule has 3 nitrogen and oxygen atoms in total. The minimum Gasteiger partial charge on any atom is -0.293 e. The number of carbonyl (C=O) groups is 1. The van der Waals surface area contributed by atoms with Gasteiger partial charge < -0.3 is 0 Å². The predicted octanol–water partition coefficient (Wildman–Crippen LogP) is 2.52. The summed E-state index contributed by atoms with van der Waals surface area (Å²) in [4.78, 5) is 18.2. The predicted molar refractivity (Wildman–Crippen MR) is 51.1 cm³/mol. The normalized spacial score (nSPS) is 12.6. The topological polar surface area (TPSA) is 42.9 Å². The van der Waals surface area contributed by atoms with Crippen molar-refractivity contribution >= 4 is 5.78 Å². The fourth-order valence-electron chi connectivity index (χ4n) is 0.978. The van der Waals surface area contributed by atoms with Crippen LogP contribution >= 0.6 is 0 Å². The molecule has 1 aromatic rings. The zero-order chi connectivity index (χ0) is 12.6. The summed E-state index contributed by atoms with van der Waals surface area (Å²) >= 11 is 0. The number of halogens is 3. The third kappa shape index (κ3) is 2.20. The number of nitrogens with zero attached hydrogens (tertiary/aromatic N) is 2. The van der Waals surface area contributed by atoms with Crippen LogP contribution < -0.4 is 0 Å². The van der Waals surface area contributed by atoms with Crippen LogP contribution in [0.2, 0.25) is 0 Å². The lowest BCUT2D eigenvalue weighted by atomic mass is 9.89. The zero-order valence-electron chi connectivity index (χ0n) is 9.09. The Morgan fingerprint density at radius 2 is 1.75 bits per heavy atom. The standard InChI is InChI=1S/C10H11F3N2O/c1-6(16)7-4-15-8(5-14-7)9(2,3)10(11,12)13/h4-5H,1-3H3. The van der Waals surface area contributed by atoms with Gasteiger partial charge in [-0.2, -0.15) is 13.2 Å². The van der Waals surface area contributed by atoms with Crippen molar-refractivity contribution in [2.75, 3.05) is 0 Å². The Morgan fingerprint density at radius 1 is 1.19 bits per heavy atom. The Labute approximate surface area is 90.7 Å². The molecule has 0 bridgehead atoms. The summed E-state index contributed by atoms with van der Waals surface area (Å²) in [5.41, 5.74) is -2.22. The molecule has 0 aliphatic carbocycles. The number of alkyl halides is 3. The van der Waals surface area contributed by atoms with Gasteiger partial charge in [0.2, 0.25) is 0 Å². The molecule has 0 N–H and O–H groups in total. The Hall–Kier alpha value is -1.46. The van der Waals surface area contributed by atoms with Gasteiger partial charge in [-0.25, -0.2) is 4.98 Å². The van der Waals surface area contributed by atoms with Gasteiger partial charge in [0.1, 0.15) is 11.1 Å². The lowest BCUT2D eigenvalue weighted by Crippen LogP contribution is -2.37. The third-order valence-corrected chi connectivity index (χ3v) is 2.36. The number of rotatable bonds is 2. The highest BCUT2D eigenvalue weighted by Crippen LogP contribution is 2.38. The van der Waals surface area contributed by atoms with Crippen LogP contribution in [-0.2, 0) is 5.41 Å². The molecule has 0 amide bonds. The zero-order valence-corrected chi connectivity index (χ0v) is 9.09. The van der Waals surface area contributed by atoms with Gasteiger partial charge in [-0.05, 0) is 13.8 Å². The molecule has 0 atom stereocenters. The molecule has 88 valence electrons. The van der Waals surface area contributed by atoms with Crippen LogP contribution in [0.15, 0.2) is 12.4 Å². The summed E-state index contributed by atoms with van der Waals surface area (Å²) < 4.78 is 37.9. The average molecular weight is 232 g/mol. The summed E-state index contributed by atoms with van der Waals surface area (Å²) in [5.74, 6) is -0.330. The van der Waals surface area contributed by atoms with E-state index < -0.39 is 11.6 Å². The maximum absolute atomic E-state index is 12.6. The van der Waals surface area contributed by atoms with E-state index in [0.717, 1.165) is 26.2 Å². The number of carbonyl (C=O) groups excluding carboxylic acids is 1. The number of hydrogen-bond acceptors (Lipinski definition) is 3. The van der Waals surface area contributed by atoms with Gasteiger partial charge in [-0.15, -0.1) is 0 Å². The smallest absolute Gasteiger partial charge is 0.293 e. The van der Waals surface area contributed by atoms with Gasteiger partial charge >= 0.3 is 6.18 Å². The molecule has 0 saturated heterocycles. The van der Waals surface area contributed by atoms with Crippen molar-refractivity contribution in [2.24, 2.45) is 0 Å². The summed E-state index contributed by atoms with van der Waals surface area (Å²) in [5, 5.41) is 0. The number of aromatic nitrogens is 2. The molecule has 1 rings (SSSR count). The van der Waals surface area contributed by atoms with Gasteiger partial charge in [-0.1, -0.05) is 0 Å². The van der Waals surface area contributed by atoms with E-state index in [1.165, 1.54) is 6.92 Å². The number of hydrogen-bond donors (Lipinski definition) is 0. The second kappa shape index (κ2) is 3.84. The van der Waals surface area contributed by atoms with Crippen molar-refractivity contribution in [3.05, 3.63) is 23.8 Å². The van der Waals surface area contributed by atoms with E-state index in [9.17, 15) is 18.0 Å². The molecule has 0 radical (unpaired) electrons. The first kappa shape index (κ1) is 12.6. The highest BCUT2D eigenvalue weighted by Gasteiger charge is 2.49. The van der Waals surface area contributed by atoms with E-state index in [1.807, 2.05) is 0 Å². The van der Waals surface area contributed by atoms with Crippen molar-refractivity contribution in [3.8, 4) is 0 Å². The molecule has 0 aliphatic rings. The van der Waals surface area contributed by atoms with E-state index >= 15 is 0 Å². The van der Waals surface area contributed by atoms with Crippen LogP contribution in [-0.4, -0.2) is 21.9 Å². The second-order valence-corrected chi connectivity index (χ2v) is 3.97. The molecule has 0 spiro atoms. The molecule has 0 aliphatic heterocycles. The molecular weight excluding hydrogens is 221 g/mol. The maximum Gasteiger partial charge on any atom is 0.399 e. The van der Waals surface area contributed by atoms with E-state index in [2.05, 4.69) is 9.97 Å². The van der Waals surface area contributed by atoms with Crippen LogP contribution in [0.1, 0.15) is 37.0 Å². The average Bonchev–Trinajstić information content (AvgIpc) is 2.16. The van der Waals surface area contributed by atoms with Crippen molar-refractivity contribution in [2.45, 2.75) is 32.4 Å². The molecule has 1 heterocycles. The van der Waals surface area contributed by atoms with Gasteiger partial charge in [0.05, 0.1) is 18.1 Å². The molecule has 6 heteroatoms. The van der Waals surface area contributed by atoms with Crippen molar-refractivity contribution in [1.29, 1.82) is 0 Å². The number of Topliss-reactive ketones (excluding diaryl/α,β-unsaturated/α-hetero) is 1. The second-order valence-electron chi connectivity index (χ2n) is 3.97. The van der Waals surface area contributed by atoms with Crippen LogP contribution in [0.4, 0.5) is 13.2 Å². The van der Waals surface area contributed by atoms with Crippen molar-refractivity contribution in [1.82, 2.24) is 9.97 Å². The van der Waals surface area contributed by atoms with E-state index in [-0.39, 0.29) is 17.2 Å². The van der Waals surface area contributed by atoms with Crippen LogP contribution in [0, 0.1) is 0 Å². The van der Waals surface area contributed by atoms with Crippen molar-refractivity contribution in [3.63, 3.8) is 0 Å². The summed E-state index contributed by atoms with van der Waals surface area (Å²) in [6, 6.07) is 0. The molecule has 16 heavy (non-hydrogen) atoms. The fraction of sp³-hybridized carbons (Fsp3) is 0.500. The fourth-order valence-corrected chi connectivity index (χ4v) is 0.978. The molecule has 0 unspecified atom stereocenters. The van der Waals surface area contributed by atoms with Crippen LogP contribution in [0.3, 0.4) is 0 Å². The number of ketones is 1. The van der Waals surface area contributed by atoms with Crippen LogP contribution in [0.5, 0.6) is 0 Å². The largest absolute Gasteiger partial charge is 0.399 e. The van der Waals surface area contributed by atoms with E-state index in [4.69, 9.17) is 0 Å². The minimum atomic E-state index is -4.40. The third-order valence-electron chi connectivity index (χ3n) is 2.36. The highest BCUT2D eigenvalue weighted by molar-refractivity contribution is 5.91. The van der Waals surface area contributed by atoms with Gasteiger partial charge in [0.15, 0.2) is 5.78 Å². The van der Waals surface area contributed by atoms with Gasteiger partial charge in [-0.3, -0.25) is 9.78 Å². The molecule has 1 aromatic heterocycles. The van der Waals surface area contributed by atoms with Gasteiger partial charge in [0.25, 0.3) is 0 Å². The minimum absolute atomic E-state index is 0.0572. The summed E-state index contributed by atoms with van der Waals surface area (Å²) in [6.45, 7) is 3.31. The molecular formula is C10H11F3N2O. The Morgan fingerprint density at radius 3 is 2.06 bits per heavy atom.